The Morgan fingerprint density at radius 1 is 1.14 bits per heavy atom. The molecule has 2 aromatic rings. The van der Waals surface area contributed by atoms with Crippen LogP contribution in [0.5, 0.6) is 0 Å². The van der Waals surface area contributed by atoms with Crippen LogP contribution in [-0.2, 0) is 9.53 Å². The maximum absolute atomic E-state index is 13.5. The van der Waals surface area contributed by atoms with E-state index in [4.69, 9.17) is 4.74 Å². The molecule has 0 radical (unpaired) electrons. The maximum Gasteiger partial charge on any atom is 0.254 e. The molecule has 29 heavy (non-hydrogen) atoms. The average Bonchev–Trinajstić information content (AvgIpc) is 3.07. The van der Waals surface area contributed by atoms with E-state index >= 15 is 0 Å². The van der Waals surface area contributed by atoms with Gasteiger partial charge in [-0.1, -0.05) is 24.3 Å². The molecule has 2 amide bonds. The van der Waals surface area contributed by atoms with E-state index in [1.165, 1.54) is 12.1 Å². The van der Waals surface area contributed by atoms with Crippen molar-refractivity contribution in [2.75, 3.05) is 31.6 Å². The number of nitrogens with one attached hydrogen (secondary N) is 1. The second kappa shape index (κ2) is 7.95. The van der Waals surface area contributed by atoms with Crippen molar-refractivity contribution < 1.29 is 18.7 Å². The average molecular weight is 396 g/mol. The first-order valence-electron chi connectivity index (χ1n) is 9.98. The van der Waals surface area contributed by atoms with Gasteiger partial charge in [-0.15, -0.1) is 0 Å². The Bertz CT molecular complexity index is 924. The first kappa shape index (κ1) is 19.6. The van der Waals surface area contributed by atoms with E-state index in [0.717, 1.165) is 18.4 Å². The molecule has 2 saturated heterocycles. The highest BCUT2D eigenvalue weighted by atomic mass is 19.1. The van der Waals surface area contributed by atoms with Crippen LogP contribution in [0, 0.1) is 24.1 Å². The quantitative estimate of drug-likeness (QED) is 0.862. The largest absolute Gasteiger partial charge is 0.381 e. The summed E-state index contributed by atoms with van der Waals surface area (Å²) in [7, 11) is 0. The number of hydrogen-bond donors (Lipinski definition) is 1. The number of nitrogens with zero attached hydrogens (tertiary/aromatic N) is 1. The number of anilines is 1. The molecule has 5 nitrogen and oxygen atoms in total. The summed E-state index contributed by atoms with van der Waals surface area (Å²) in [6.45, 7) is 3.97. The van der Waals surface area contributed by atoms with Gasteiger partial charge < -0.3 is 15.0 Å². The Balaban J connectivity index is 1.58. The van der Waals surface area contributed by atoms with Crippen molar-refractivity contribution in [3.05, 3.63) is 65.5 Å². The first-order valence-corrected chi connectivity index (χ1v) is 9.98. The third-order valence-electron chi connectivity index (χ3n) is 6.21. The summed E-state index contributed by atoms with van der Waals surface area (Å²) < 4.78 is 19.0. The van der Waals surface area contributed by atoms with Gasteiger partial charge in [0.25, 0.3) is 5.91 Å². The molecule has 2 aromatic carbocycles. The van der Waals surface area contributed by atoms with Crippen molar-refractivity contribution in [3.8, 4) is 0 Å². The van der Waals surface area contributed by atoms with Gasteiger partial charge in [0.05, 0.1) is 5.92 Å². The van der Waals surface area contributed by atoms with Crippen molar-refractivity contribution >= 4 is 17.5 Å². The molecule has 152 valence electrons. The molecule has 0 aromatic heterocycles. The van der Waals surface area contributed by atoms with Gasteiger partial charge in [0.1, 0.15) is 5.82 Å². The van der Waals surface area contributed by atoms with Gasteiger partial charge in [-0.05, 0) is 49.6 Å². The van der Waals surface area contributed by atoms with E-state index < -0.39 is 5.82 Å². The van der Waals surface area contributed by atoms with E-state index in [1.807, 2.05) is 31.2 Å². The Morgan fingerprint density at radius 2 is 1.90 bits per heavy atom. The van der Waals surface area contributed by atoms with Crippen LogP contribution in [-0.4, -0.2) is 43.0 Å². The van der Waals surface area contributed by atoms with Gasteiger partial charge in [-0.25, -0.2) is 4.39 Å². The Morgan fingerprint density at radius 3 is 2.62 bits per heavy atom. The van der Waals surface area contributed by atoms with Crippen LogP contribution in [0.1, 0.15) is 28.8 Å². The molecule has 2 aliphatic rings. The number of likely N-dealkylation sites (tertiary alicyclic amines) is 1. The van der Waals surface area contributed by atoms with Crippen LogP contribution < -0.4 is 5.32 Å². The minimum atomic E-state index is -0.397. The number of hydrogen-bond acceptors (Lipinski definition) is 3. The van der Waals surface area contributed by atoms with Crippen molar-refractivity contribution in [1.29, 1.82) is 0 Å². The third kappa shape index (κ3) is 3.90. The lowest BCUT2D eigenvalue weighted by Gasteiger charge is -2.37. The number of halogens is 1. The predicted octanol–water partition coefficient (Wildman–Crippen LogP) is 3.64. The van der Waals surface area contributed by atoms with Gasteiger partial charge in [0.15, 0.2) is 0 Å². The number of carbonyl (C=O) groups is 2. The predicted molar refractivity (Wildman–Crippen MR) is 108 cm³/mol. The highest BCUT2D eigenvalue weighted by Gasteiger charge is 2.51. The number of benzene rings is 2. The molecule has 2 heterocycles. The molecule has 0 aliphatic carbocycles. The molecule has 2 aliphatic heterocycles. The van der Waals surface area contributed by atoms with Gasteiger partial charge in [0.2, 0.25) is 5.91 Å². The second-order valence-corrected chi connectivity index (χ2v) is 8.03. The molecule has 6 heteroatoms. The van der Waals surface area contributed by atoms with Gasteiger partial charge in [-0.2, -0.15) is 0 Å². The van der Waals surface area contributed by atoms with Crippen molar-refractivity contribution in [1.82, 2.24) is 4.90 Å². The van der Waals surface area contributed by atoms with Gasteiger partial charge >= 0.3 is 0 Å². The summed E-state index contributed by atoms with van der Waals surface area (Å²) >= 11 is 0. The molecule has 4 rings (SSSR count). The number of carbonyl (C=O) groups excluding carboxylic acids is 2. The smallest absolute Gasteiger partial charge is 0.254 e. The fourth-order valence-electron chi connectivity index (χ4n) is 4.55. The molecular formula is C23H25FN2O3. The van der Waals surface area contributed by atoms with Crippen LogP contribution in [0.4, 0.5) is 10.1 Å². The number of rotatable bonds is 3. The number of ether oxygens (including phenoxy) is 1. The summed E-state index contributed by atoms with van der Waals surface area (Å²) in [6.07, 6.45) is 1.46. The standard InChI is InChI=1S/C23H25FN2O3/c1-16-5-2-3-8-19(16)22(28)26-14-20(23(15-26)9-11-29-12-10-23)21(27)25-18-7-4-6-17(24)13-18/h2-8,13,20H,9-12,14-15H2,1H3,(H,25,27). The molecule has 1 atom stereocenters. The van der Waals surface area contributed by atoms with E-state index in [-0.39, 0.29) is 23.1 Å². The van der Waals surface area contributed by atoms with Gasteiger partial charge in [-0.3, -0.25) is 9.59 Å². The molecular weight excluding hydrogens is 371 g/mol. The topological polar surface area (TPSA) is 58.6 Å². The fourth-order valence-corrected chi connectivity index (χ4v) is 4.55. The van der Waals surface area contributed by atoms with Crippen LogP contribution in [0.3, 0.4) is 0 Å². The summed E-state index contributed by atoms with van der Waals surface area (Å²) in [5.41, 5.74) is 1.71. The normalized spacial score (nSPS) is 20.6. The summed E-state index contributed by atoms with van der Waals surface area (Å²) in [5, 5.41) is 2.85. The number of amides is 2. The molecule has 0 bridgehead atoms. The van der Waals surface area contributed by atoms with E-state index in [1.54, 1.807) is 17.0 Å². The number of aryl methyl sites for hydroxylation is 1. The Kier molecular flexibility index (Phi) is 5.37. The third-order valence-corrected chi connectivity index (χ3v) is 6.21. The second-order valence-electron chi connectivity index (χ2n) is 8.03. The molecule has 2 fully saturated rings. The lowest BCUT2D eigenvalue weighted by Crippen LogP contribution is -2.42. The van der Waals surface area contributed by atoms with Crippen molar-refractivity contribution in [2.45, 2.75) is 19.8 Å². The Labute approximate surface area is 169 Å². The maximum atomic E-state index is 13.5. The molecule has 1 N–H and O–H groups in total. The van der Waals surface area contributed by atoms with Crippen molar-refractivity contribution in [2.24, 2.45) is 11.3 Å². The zero-order chi connectivity index (χ0) is 20.4. The monoisotopic (exact) mass is 396 g/mol. The Hall–Kier alpha value is -2.73. The summed E-state index contributed by atoms with van der Waals surface area (Å²) in [6, 6.07) is 13.4. The molecule has 0 saturated carbocycles. The zero-order valence-corrected chi connectivity index (χ0v) is 16.5. The molecule has 1 unspecified atom stereocenters. The highest BCUT2D eigenvalue weighted by Crippen LogP contribution is 2.45. The zero-order valence-electron chi connectivity index (χ0n) is 16.5. The molecule has 1 spiro atoms. The van der Waals surface area contributed by atoms with E-state index in [2.05, 4.69) is 5.32 Å². The first-order chi connectivity index (χ1) is 14.0. The minimum Gasteiger partial charge on any atom is -0.381 e. The summed E-state index contributed by atoms with van der Waals surface area (Å²) in [4.78, 5) is 28.1. The minimum absolute atomic E-state index is 0.0463. The lowest BCUT2D eigenvalue weighted by atomic mass is 9.71. The lowest BCUT2D eigenvalue weighted by molar-refractivity contribution is -0.124. The van der Waals surface area contributed by atoms with E-state index in [9.17, 15) is 14.0 Å². The SMILES string of the molecule is Cc1ccccc1C(=O)N1CC(C(=O)Nc2cccc(F)c2)C2(CCOCC2)C1. The van der Waals surface area contributed by atoms with Crippen LogP contribution in [0.2, 0.25) is 0 Å². The van der Waals surface area contributed by atoms with Gasteiger partial charge in [0, 0.05) is 43.0 Å². The van der Waals surface area contributed by atoms with Crippen LogP contribution in [0.15, 0.2) is 48.5 Å². The van der Waals surface area contributed by atoms with Crippen LogP contribution >= 0.6 is 0 Å². The summed E-state index contributed by atoms with van der Waals surface area (Å²) in [5.74, 6) is -0.971. The van der Waals surface area contributed by atoms with Crippen molar-refractivity contribution in [3.63, 3.8) is 0 Å². The highest BCUT2D eigenvalue weighted by molar-refractivity contribution is 5.98. The van der Waals surface area contributed by atoms with E-state index in [0.29, 0.717) is 37.6 Å². The van der Waals surface area contributed by atoms with Crippen LogP contribution in [0.25, 0.3) is 0 Å². The fraction of sp³-hybridized carbons (Fsp3) is 0.391.